The Hall–Kier alpha value is -1.48. The van der Waals surface area contributed by atoms with Gasteiger partial charge in [-0.25, -0.2) is 12.7 Å². The van der Waals surface area contributed by atoms with E-state index >= 15 is 0 Å². The van der Waals surface area contributed by atoms with Gasteiger partial charge < -0.3 is 10.0 Å². The first-order valence-electron chi connectivity index (χ1n) is 8.90. The van der Waals surface area contributed by atoms with Gasteiger partial charge in [0.05, 0.1) is 18.4 Å². The van der Waals surface area contributed by atoms with Gasteiger partial charge in [-0.15, -0.1) is 0 Å². The zero-order valence-electron chi connectivity index (χ0n) is 15.3. The average Bonchev–Trinajstić information content (AvgIpc) is 2.60. The fourth-order valence-corrected chi connectivity index (χ4v) is 4.75. The van der Waals surface area contributed by atoms with Crippen LogP contribution in [0.2, 0.25) is 0 Å². The Kier molecular flexibility index (Phi) is 5.39. The van der Waals surface area contributed by atoms with Crippen LogP contribution in [0.5, 0.6) is 0 Å². The van der Waals surface area contributed by atoms with E-state index < -0.39 is 15.6 Å². The molecule has 1 aromatic carbocycles. The molecule has 1 aromatic rings. The van der Waals surface area contributed by atoms with E-state index in [1.54, 1.807) is 11.9 Å². The van der Waals surface area contributed by atoms with Crippen LogP contribution < -0.4 is 4.90 Å². The maximum atomic E-state index is 12.6. The van der Waals surface area contributed by atoms with E-state index in [1.807, 2.05) is 35.2 Å². The van der Waals surface area contributed by atoms with Crippen molar-refractivity contribution in [3.63, 3.8) is 0 Å². The van der Waals surface area contributed by atoms with Gasteiger partial charge in [0, 0.05) is 44.8 Å². The quantitative estimate of drug-likeness (QED) is 0.815. The van der Waals surface area contributed by atoms with Crippen molar-refractivity contribution in [3.8, 4) is 0 Å². The summed E-state index contributed by atoms with van der Waals surface area (Å²) in [5, 5.41) is 10.9. The minimum Gasteiger partial charge on any atom is -0.389 e. The number of aliphatic hydroxyl groups is 1. The Labute approximate surface area is 155 Å². The molecule has 0 aromatic heterocycles. The molecule has 0 unspecified atom stereocenters. The fraction of sp³-hybridized carbons (Fsp3) is 0.611. The van der Waals surface area contributed by atoms with Crippen LogP contribution in [0, 0.1) is 5.92 Å². The Balaban J connectivity index is 1.63. The number of hydrogen-bond donors (Lipinski definition) is 1. The number of rotatable bonds is 4. The highest BCUT2D eigenvalue weighted by Gasteiger charge is 2.46. The molecule has 7 nitrogen and oxygen atoms in total. The molecule has 2 heterocycles. The van der Waals surface area contributed by atoms with Gasteiger partial charge >= 0.3 is 0 Å². The molecular formula is C18H27N3O4S. The molecule has 8 heteroatoms. The van der Waals surface area contributed by atoms with E-state index in [4.69, 9.17) is 0 Å². The highest BCUT2D eigenvalue weighted by molar-refractivity contribution is 7.88. The van der Waals surface area contributed by atoms with Crippen molar-refractivity contribution in [2.45, 2.75) is 18.4 Å². The minimum atomic E-state index is -3.26. The SMILES string of the molecule is CN(C(=O)CN1CC[C@@]2(O)CCN(S(C)(=O)=O)C[C@H]2C1)c1ccccc1. The Morgan fingerprint density at radius 1 is 1.23 bits per heavy atom. The van der Waals surface area contributed by atoms with Crippen LogP contribution >= 0.6 is 0 Å². The van der Waals surface area contributed by atoms with Gasteiger partial charge in [0.1, 0.15) is 0 Å². The van der Waals surface area contributed by atoms with Crippen molar-refractivity contribution in [3.05, 3.63) is 30.3 Å². The van der Waals surface area contributed by atoms with Crippen LogP contribution in [-0.4, -0.2) is 80.3 Å². The Morgan fingerprint density at radius 3 is 2.54 bits per heavy atom. The van der Waals surface area contributed by atoms with Crippen molar-refractivity contribution in [1.82, 2.24) is 9.21 Å². The number of carbonyl (C=O) groups excluding carboxylic acids is 1. The van der Waals surface area contributed by atoms with E-state index in [9.17, 15) is 18.3 Å². The normalized spacial score (nSPS) is 27.7. The second-order valence-electron chi connectivity index (χ2n) is 7.44. The van der Waals surface area contributed by atoms with Crippen molar-refractivity contribution < 1.29 is 18.3 Å². The van der Waals surface area contributed by atoms with Crippen molar-refractivity contribution in [1.29, 1.82) is 0 Å². The summed E-state index contributed by atoms with van der Waals surface area (Å²) in [7, 11) is -1.51. The van der Waals surface area contributed by atoms with E-state index in [-0.39, 0.29) is 18.4 Å². The third-order valence-corrected chi connectivity index (χ3v) is 6.93. The summed E-state index contributed by atoms with van der Waals surface area (Å²) < 4.78 is 25.1. The lowest BCUT2D eigenvalue weighted by molar-refractivity contribution is -0.125. The van der Waals surface area contributed by atoms with Crippen LogP contribution in [0.1, 0.15) is 12.8 Å². The number of piperidine rings is 2. The summed E-state index contributed by atoms with van der Waals surface area (Å²) in [5.74, 6) is -0.188. The number of likely N-dealkylation sites (tertiary alicyclic amines) is 1. The predicted molar refractivity (Wildman–Crippen MR) is 100 cm³/mol. The largest absolute Gasteiger partial charge is 0.389 e. The molecule has 0 saturated carbocycles. The molecule has 2 aliphatic rings. The molecule has 1 N–H and O–H groups in total. The molecule has 2 atom stereocenters. The molecule has 144 valence electrons. The summed E-state index contributed by atoms with van der Waals surface area (Å²) in [4.78, 5) is 16.2. The third-order valence-electron chi connectivity index (χ3n) is 5.66. The number of fused-ring (bicyclic) bond motifs is 1. The molecular weight excluding hydrogens is 354 g/mol. The first-order chi connectivity index (χ1) is 12.2. The van der Waals surface area contributed by atoms with E-state index in [2.05, 4.69) is 0 Å². The van der Waals surface area contributed by atoms with Crippen molar-refractivity contribution in [2.75, 3.05) is 50.9 Å². The molecule has 0 bridgehead atoms. The first kappa shape index (κ1) is 19.3. The lowest BCUT2D eigenvalue weighted by atomic mass is 9.76. The monoisotopic (exact) mass is 381 g/mol. The van der Waals surface area contributed by atoms with Crippen molar-refractivity contribution in [2.24, 2.45) is 5.92 Å². The molecule has 0 radical (unpaired) electrons. The maximum absolute atomic E-state index is 12.6. The zero-order chi connectivity index (χ0) is 18.9. The second-order valence-corrected chi connectivity index (χ2v) is 9.43. The van der Waals surface area contributed by atoms with E-state index in [0.717, 1.165) is 5.69 Å². The maximum Gasteiger partial charge on any atom is 0.240 e. The van der Waals surface area contributed by atoms with Gasteiger partial charge in [0.15, 0.2) is 0 Å². The topological polar surface area (TPSA) is 81.2 Å². The van der Waals surface area contributed by atoms with Gasteiger partial charge in [-0.2, -0.15) is 0 Å². The van der Waals surface area contributed by atoms with Gasteiger partial charge in [-0.1, -0.05) is 18.2 Å². The number of benzene rings is 1. The standard InChI is InChI=1S/C18H27N3O4S/c1-19(16-6-4-3-5-7-16)17(22)14-20-10-8-18(23)9-11-21(26(2,24)25)13-15(18)12-20/h3-7,15,23H,8-14H2,1-2H3/t15-,18-/m1/s1. The summed E-state index contributed by atoms with van der Waals surface area (Å²) in [6.07, 6.45) is 2.23. The fourth-order valence-electron chi connectivity index (χ4n) is 3.88. The first-order valence-corrected chi connectivity index (χ1v) is 10.8. The van der Waals surface area contributed by atoms with Gasteiger partial charge in [-0.3, -0.25) is 9.69 Å². The number of amides is 1. The van der Waals surface area contributed by atoms with Crippen LogP contribution in [-0.2, 0) is 14.8 Å². The number of para-hydroxylation sites is 1. The number of carbonyl (C=O) groups is 1. The third kappa shape index (κ3) is 4.09. The van der Waals surface area contributed by atoms with Crippen LogP contribution in [0.25, 0.3) is 0 Å². The molecule has 3 rings (SSSR count). The number of hydrogen-bond acceptors (Lipinski definition) is 5. The van der Waals surface area contributed by atoms with E-state index in [1.165, 1.54) is 10.6 Å². The average molecular weight is 381 g/mol. The molecule has 1 amide bonds. The van der Waals surface area contributed by atoms with Crippen LogP contribution in [0.15, 0.2) is 30.3 Å². The lowest BCUT2D eigenvalue weighted by Gasteiger charge is -2.49. The molecule has 2 aliphatic heterocycles. The van der Waals surface area contributed by atoms with Gasteiger partial charge in [0.2, 0.25) is 15.9 Å². The molecule has 0 spiro atoms. The number of likely N-dealkylation sites (N-methyl/N-ethyl adjacent to an activating group) is 1. The lowest BCUT2D eigenvalue weighted by Crippen LogP contribution is -2.61. The Bertz CT molecular complexity index is 755. The van der Waals surface area contributed by atoms with Gasteiger partial charge in [0.25, 0.3) is 0 Å². The number of anilines is 1. The Morgan fingerprint density at radius 2 is 1.88 bits per heavy atom. The highest BCUT2D eigenvalue weighted by Crippen LogP contribution is 2.36. The molecule has 26 heavy (non-hydrogen) atoms. The molecule has 0 aliphatic carbocycles. The van der Waals surface area contributed by atoms with E-state index in [0.29, 0.717) is 39.0 Å². The summed E-state index contributed by atoms with van der Waals surface area (Å²) in [5.41, 5.74) is 0.0124. The summed E-state index contributed by atoms with van der Waals surface area (Å²) in [6.45, 7) is 2.10. The summed E-state index contributed by atoms with van der Waals surface area (Å²) >= 11 is 0. The van der Waals surface area contributed by atoms with Crippen LogP contribution in [0.4, 0.5) is 5.69 Å². The predicted octanol–water partition coefficient (Wildman–Crippen LogP) is 0.368. The highest BCUT2D eigenvalue weighted by atomic mass is 32.2. The number of sulfonamides is 1. The van der Waals surface area contributed by atoms with Gasteiger partial charge in [-0.05, 0) is 25.0 Å². The second kappa shape index (κ2) is 7.26. The zero-order valence-corrected chi connectivity index (χ0v) is 16.2. The molecule has 2 saturated heterocycles. The summed E-state index contributed by atoms with van der Waals surface area (Å²) in [6, 6.07) is 9.46. The van der Waals surface area contributed by atoms with Crippen LogP contribution in [0.3, 0.4) is 0 Å². The number of nitrogens with zero attached hydrogens (tertiary/aromatic N) is 3. The minimum absolute atomic E-state index is 0.0163. The molecule has 2 fully saturated rings. The smallest absolute Gasteiger partial charge is 0.240 e. The van der Waals surface area contributed by atoms with Crippen molar-refractivity contribution >= 4 is 21.6 Å².